The van der Waals surface area contributed by atoms with Crippen molar-refractivity contribution in [2.24, 2.45) is 5.92 Å². The molecule has 0 fully saturated rings. The first-order valence-electron chi connectivity index (χ1n) is 11.4. The number of rotatable bonds is 12. The summed E-state index contributed by atoms with van der Waals surface area (Å²) in [7, 11) is -0.887. The Labute approximate surface area is 218 Å². The highest BCUT2D eigenvalue weighted by Crippen LogP contribution is 2.30. The van der Waals surface area contributed by atoms with Crippen LogP contribution < -0.4 is 19.1 Å². The van der Waals surface area contributed by atoms with E-state index in [2.05, 4.69) is 5.32 Å². The van der Waals surface area contributed by atoms with E-state index in [1.807, 2.05) is 13.8 Å². The van der Waals surface area contributed by atoms with Crippen molar-refractivity contribution in [3.8, 4) is 11.5 Å². The van der Waals surface area contributed by atoms with Crippen molar-refractivity contribution in [2.75, 3.05) is 37.9 Å². The van der Waals surface area contributed by atoms with Crippen molar-refractivity contribution in [1.82, 2.24) is 10.2 Å². The lowest BCUT2D eigenvalue weighted by Gasteiger charge is -2.31. The molecule has 0 bridgehead atoms. The first-order chi connectivity index (χ1) is 16.9. The quantitative estimate of drug-likeness (QED) is 0.443. The van der Waals surface area contributed by atoms with Gasteiger partial charge >= 0.3 is 0 Å². The third-order valence-electron chi connectivity index (χ3n) is 5.44. The second kappa shape index (κ2) is 12.8. The third-order valence-corrected chi connectivity index (χ3v) is 6.88. The van der Waals surface area contributed by atoms with Gasteiger partial charge in [-0.15, -0.1) is 0 Å². The van der Waals surface area contributed by atoms with Gasteiger partial charge in [-0.25, -0.2) is 8.42 Å². The molecule has 0 unspecified atom stereocenters. The number of halogens is 1. The van der Waals surface area contributed by atoms with Crippen LogP contribution in [-0.4, -0.2) is 64.7 Å². The van der Waals surface area contributed by atoms with E-state index < -0.39 is 28.5 Å². The number of carbonyl (C=O) groups is 2. The number of sulfonamides is 1. The Hall–Kier alpha value is -2.98. The van der Waals surface area contributed by atoms with Crippen molar-refractivity contribution in [1.29, 1.82) is 0 Å². The molecule has 2 rings (SSSR count). The van der Waals surface area contributed by atoms with Crippen molar-refractivity contribution < 1.29 is 27.5 Å². The third kappa shape index (κ3) is 8.03. The molecule has 198 valence electrons. The Bertz CT molecular complexity index is 1170. The van der Waals surface area contributed by atoms with Gasteiger partial charge in [0.1, 0.15) is 24.1 Å². The summed E-state index contributed by atoms with van der Waals surface area (Å²) < 4.78 is 36.7. The Balaban J connectivity index is 2.41. The van der Waals surface area contributed by atoms with E-state index in [0.717, 1.165) is 16.1 Å². The van der Waals surface area contributed by atoms with Gasteiger partial charge in [0.25, 0.3) is 0 Å². The second-order valence-electron chi connectivity index (χ2n) is 8.78. The number of benzene rings is 2. The standard InChI is InChI=1S/C25H34ClN3O6S/c1-17(2)14-27-25(31)18(3)28(15-19-8-7-9-21(12-19)34-4)24(30)16-29(36(6,32)33)20-10-11-23(35-5)22(26)13-20/h7-13,17-18H,14-16H2,1-6H3,(H,27,31)/t18-/m0/s1. The number of hydrogen-bond donors (Lipinski definition) is 1. The van der Waals surface area contributed by atoms with Crippen LogP contribution >= 0.6 is 11.6 Å². The number of hydrogen-bond acceptors (Lipinski definition) is 6. The lowest BCUT2D eigenvalue weighted by molar-refractivity contribution is -0.139. The molecule has 0 aliphatic rings. The summed E-state index contributed by atoms with van der Waals surface area (Å²) in [4.78, 5) is 27.8. The highest BCUT2D eigenvalue weighted by molar-refractivity contribution is 7.92. The van der Waals surface area contributed by atoms with Gasteiger partial charge in [0, 0.05) is 13.1 Å². The molecule has 0 aliphatic heterocycles. The van der Waals surface area contributed by atoms with E-state index in [0.29, 0.717) is 18.0 Å². The van der Waals surface area contributed by atoms with Crippen LogP contribution in [0.1, 0.15) is 26.3 Å². The molecule has 0 heterocycles. The van der Waals surface area contributed by atoms with Gasteiger partial charge in [0.15, 0.2) is 0 Å². The van der Waals surface area contributed by atoms with Gasteiger partial charge in [0.2, 0.25) is 21.8 Å². The summed E-state index contributed by atoms with van der Waals surface area (Å²) in [6.07, 6.45) is 1.00. The van der Waals surface area contributed by atoms with Gasteiger partial charge in [0.05, 0.1) is 31.2 Å². The summed E-state index contributed by atoms with van der Waals surface area (Å²) >= 11 is 6.20. The van der Waals surface area contributed by atoms with E-state index in [4.69, 9.17) is 21.1 Å². The van der Waals surface area contributed by atoms with Gasteiger partial charge in [-0.3, -0.25) is 13.9 Å². The lowest BCUT2D eigenvalue weighted by atomic mass is 10.1. The minimum Gasteiger partial charge on any atom is -0.497 e. The minimum atomic E-state index is -3.87. The molecule has 36 heavy (non-hydrogen) atoms. The maximum absolute atomic E-state index is 13.6. The SMILES string of the molecule is COc1cccc(CN(C(=O)CN(c2ccc(OC)c(Cl)c2)S(C)(=O)=O)[C@@H](C)C(=O)NCC(C)C)c1. The molecule has 2 aromatic carbocycles. The fourth-order valence-corrected chi connectivity index (χ4v) is 4.52. The minimum absolute atomic E-state index is 0.0767. The van der Waals surface area contributed by atoms with Gasteiger partial charge in [-0.05, 0) is 48.7 Å². The lowest BCUT2D eigenvalue weighted by Crippen LogP contribution is -2.51. The predicted octanol–water partition coefficient (Wildman–Crippen LogP) is 3.31. The van der Waals surface area contributed by atoms with Crippen LogP contribution in [-0.2, 0) is 26.2 Å². The monoisotopic (exact) mass is 539 g/mol. The number of ether oxygens (including phenoxy) is 2. The van der Waals surface area contributed by atoms with Crippen molar-refractivity contribution in [3.05, 3.63) is 53.1 Å². The van der Waals surface area contributed by atoms with E-state index >= 15 is 0 Å². The number of methoxy groups -OCH3 is 2. The van der Waals surface area contributed by atoms with Crippen LogP contribution in [0, 0.1) is 5.92 Å². The number of amides is 2. The Kier molecular flexibility index (Phi) is 10.4. The molecule has 2 amide bonds. The zero-order valence-electron chi connectivity index (χ0n) is 21.4. The normalized spacial score (nSPS) is 12.1. The average molecular weight is 540 g/mol. The zero-order valence-corrected chi connectivity index (χ0v) is 23.0. The van der Waals surface area contributed by atoms with Gasteiger partial charge in [-0.1, -0.05) is 37.6 Å². The number of nitrogens with one attached hydrogen (secondary N) is 1. The highest BCUT2D eigenvalue weighted by atomic mass is 35.5. The molecule has 0 saturated heterocycles. The topological polar surface area (TPSA) is 105 Å². The van der Waals surface area contributed by atoms with Crippen molar-refractivity contribution >= 4 is 39.1 Å². The molecule has 1 N–H and O–H groups in total. The molecule has 2 aromatic rings. The molecule has 11 heteroatoms. The fraction of sp³-hybridized carbons (Fsp3) is 0.440. The van der Waals surface area contributed by atoms with Crippen LogP contribution in [0.3, 0.4) is 0 Å². The molecule has 0 spiro atoms. The number of nitrogens with zero attached hydrogens (tertiary/aromatic N) is 2. The first-order valence-corrected chi connectivity index (χ1v) is 13.6. The molecule has 0 aromatic heterocycles. The average Bonchev–Trinajstić information content (AvgIpc) is 2.83. The van der Waals surface area contributed by atoms with Crippen LogP contribution in [0.2, 0.25) is 5.02 Å². The summed E-state index contributed by atoms with van der Waals surface area (Å²) in [6.45, 7) is 5.55. The van der Waals surface area contributed by atoms with Crippen molar-refractivity contribution in [2.45, 2.75) is 33.4 Å². The molecule has 0 aliphatic carbocycles. The Morgan fingerprint density at radius 2 is 1.75 bits per heavy atom. The number of carbonyl (C=O) groups excluding carboxylic acids is 2. The molecule has 1 atom stereocenters. The van der Waals surface area contributed by atoms with Crippen LogP contribution in [0.4, 0.5) is 5.69 Å². The molecular weight excluding hydrogens is 506 g/mol. The number of anilines is 1. The van der Waals surface area contributed by atoms with E-state index in [1.165, 1.54) is 37.3 Å². The van der Waals surface area contributed by atoms with Gasteiger partial charge < -0.3 is 19.7 Å². The summed E-state index contributed by atoms with van der Waals surface area (Å²) in [5, 5.41) is 3.04. The summed E-state index contributed by atoms with van der Waals surface area (Å²) in [5.74, 6) is 0.308. The largest absolute Gasteiger partial charge is 0.497 e. The van der Waals surface area contributed by atoms with Crippen LogP contribution in [0.15, 0.2) is 42.5 Å². The zero-order chi connectivity index (χ0) is 27.0. The Morgan fingerprint density at radius 3 is 2.31 bits per heavy atom. The van der Waals surface area contributed by atoms with Crippen molar-refractivity contribution in [3.63, 3.8) is 0 Å². The fourth-order valence-electron chi connectivity index (χ4n) is 3.43. The maximum Gasteiger partial charge on any atom is 0.244 e. The smallest absolute Gasteiger partial charge is 0.244 e. The predicted molar refractivity (Wildman–Crippen MR) is 141 cm³/mol. The maximum atomic E-state index is 13.6. The van der Waals surface area contributed by atoms with Gasteiger partial charge in [-0.2, -0.15) is 0 Å². The molecule has 0 radical (unpaired) electrons. The molecule has 0 saturated carbocycles. The first kappa shape index (κ1) is 29.3. The summed E-state index contributed by atoms with van der Waals surface area (Å²) in [6, 6.07) is 10.7. The van der Waals surface area contributed by atoms with E-state index in [1.54, 1.807) is 31.2 Å². The van der Waals surface area contributed by atoms with Crippen LogP contribution in [0.25, 0.3) is 0 Å². The summed E-state index contributed by atoms with van der Waals surface area (Å²) in [5.41, 5.74) is 0.930. The molecular formula is C25H34ClN3O6S. The Morgan fingerprint density at radius 1 is 1.06 bits per heavy atom. The molecule has 9 nitrogen and oxygen atoms in total. The van der Waals surface area contributed by atoms with E-state index in [9.17, 15) is 18.0 Å². The second-order valence-corrected chi connectivity index (χ2v) is 11.1. The van der Waals surface area contributed by atoms with Crippen LogP contribution in [0.5, 0.6) is 11.5 Å². The highest BCUT2D eigenvalue weighted by Gasteiger charge is 2.30. The van der Waals surface area contributed by atoms with E-state index in [-0.39, 0.29) is 29.1 Å².